The molecule has 1 saturated carbocycles. The fraction of sp³-hybridized carbons (Fsp3) is 0.647. The van der Waals surface area contributed by atoms with Gasteiger partial charge in [0.2, 0.25) is 0 Å². The third-order valence-electron chi connectivity index (χ3n) is 4.49. The Morgan fingerprint density at radius 2 is 2.13 bits per heavy atom. The summed E-state index contributed by atoms with van der Waals surface area (Å²) < 4.78 is 0. The van der Waals surface area contributed by atoms with Gasteiger partial charge in [-0.15, -0.1) is 0 Å². The van der Waals surface area contributed by atoms with E-state index < -0.39 is 0 Å². The molecule has 1 aliphatic carbocycles. The number of urea groups is 1. The van der Waals surface area contributed by atoms with Gasteiger partial charge in [-0.1, -0.05) is 0 Å². The monoisotopic (exact) mass is 318 g/mol. The van der Waals surface area contributed by atoms with Crippen molar-refractivity contribution >= 4 is 17.5 Å². The number of aromatic nitrogens is 1. The van der Waals surface area contributed by atoms with Crippen LogP contribution in [-0.2, 0) is 0 Å². The highest BCUT2D eigenvalue weighted by atomic mass is 16.3. The number of anilines is 2. The second-order valence-corrected chi connectivity index (χ2v) is 6.35. The maximum Gasteiger partial charge on any atom is 0.322 e. The van der Waals surface area contributed by atoms with Crippen LogP contribution in [-0.4, -0.2) is 53.3 Å². The zero-order chi connectivity index (χ0) is 16.1. The number of aliphatic hydroxyl groups excluding tert-OH is 1. The van der Waals surface area contributed by atoms with Crippen LogP contribution in [0, 0.1) is 0 Å². The molecular formula is C17H26N4O2. The highest BCUT2D eigenvalue weighted by Crippen LogP contribution is 2.30. The molecule has 0 unspecified atom stereocenters. The third kappa shape index (κ3) is 4.13. The normalized spacial score (nSPS) is 17.3. The van der Waals surface area contributed by atoms with Crippen LogP contribution in [0.2, 0.25) is 0 Å². The number of carbonyl (C=O) groups is 1. The zero-order valence-corrected chi connectivity index (χ0v) is 13.6. The number of pyridine rings is 1. The van der Waals surface area contributed by atoms with Crippen molar-refractivity contribution in [2.45, 2.75) is 44.6 Å². The van der Waals surface area contributed by atoms with E-state index in [-0.39, 0.29) is 12.6 Å². The van der Waals surface area contributed by atoms with E-state index in [4.69, 9.17) is 5.11 Å². The van der Waals surface area contributed by atoms with Crippen LogP contribution < -0.4 is 10.2 Å². The van der Waals surface area contributed by atoms with Crippen LogP contribution in [0.15, 0.2) is 18.3 Å². The Bertz CT molecular complexity index is 527. The second-order valence-electron chi connectivity index (χ2n) is 6.35. The zero-order valence-electron chi connectivity index (χ0n) is 13.6. The summed E-state index contributed by atoms with van der Waals surface area (Å²) in [6.07, 6.45) is 7.88. The van der Waals surface area contributed by atoms with Crippen molar-refractivity contribution in [1.29, 1.82) is 0 Å². The predicted octanol–water partition coefficient (Wildman–Crippen LogP) is 2.45. The summed E-state index contributed by atoms with van der Waals surface area (Å²) in [6.45, 7) is 2.89. The number of unbranched alkanes of at least 4 members (excludes halogenated alkanes) is 1. The van der Waals surface area contributed by atoms with Gasteiger partial charge in [0, 0.05) is 38.5 Å². The average Bonchev–Trinajstić information content (AvgIpc) is 3.25. The molecule has 1 aliphatic heterocycles. The van der Waals surface area contributed by atoms with Crippen LogP contribution in [0.3, 0.4) is 0 Å². The number of hydrogen-bond acceptors (Lipinski definition) is 4. The van der Waals surface area contributed by atoms with Crippen molar-refractivity contribution in [1.82, 2.24) is 9.88 Å². The van der Waals surface area contributed by atoms with Crippen molar-refractivity contribution in [2.24, 2.45) is 0 Å². The fourth-order valence-corrected chi connectivity index (χ4v) is 3.09. The highest BCUT2D eigenvalue weighted by molar-refractivity contribution is 5.92. The summed E-state index contributed by atoms with van der Waals surface area (Å²) in [5.74, 6) is 0.879. The Morgan fingerprint density at radius 3 is 2.83 bits per heavy atom. The van der Waals surface area contributed by atoms with Gasteiger partial charge in [0.15, 0.2) is 5.82 Å². The molecule has 23 heavy (non-hydrogen) atoms. The summed E-state index contributed by atoms with van der Waals surface area (Å²) in [5.41, 5.74) is 0.798. The lowest BCUT2D eigenvalue weighted by Gasteiger charge is -2.25. The summed E-state index contributed by atoms with van der Waals surface area (Å²) >= 11 is 0. The van der Waals surface area contributed by atoms with E-state index >= 15 is 0 Å². The molecule has 2 N–H and O–H groups in total. The van der Waals surface area contributed by atoms with Gasteiger partial charge in [-0.05, 0) is 50.7 Å². The summed E-state index contributed by atoms with van der Waals surface area (Å²) in [4.78, 5) is 21.3. The maximum absolute atomic E-state index is 12.7. The third-order valence-corrected chi connectivity index (χ3v) is 4.49. The van der Waals surface area contributed by atoms with Crippen LogP contribution >= 0.6 is 0 Å². The molecule has 2 amide bonds. The lowest BCUT2D eigenvalue weighted by atomic mass is 10.3. The predicted molar refractivity (Wildman–Crippen MR) is 90.8 cm³/mol. The molecule has 1 aromatic rings. The maximum atomic E-state index is 12.7. The Kier molecular flexibility index (Phi) is 5.33. The standard InChI is InChI=1S/C17H26N4O2/c22-13-4-3-12-21(14-7-8-14)17(23)19-15-6-5-9-18-16(15)20-10-1-2-11-20/h5-6,9,14,22H,1-4,7-8,10-13H2,(H,19,23). The molecule has 0 radical (unpaired) electrons. The molecule has 0 spiro atoms. The number of nitrogens with zero attached hydrogens (tertiary/aromatic N) is 3. The molecule has 6 heteroatoms. The molecule has 0 atom stereocenters. The largest absolute Gasteiger partial charge is 0.396 e. The minimum atomic E-state index is -0.0427. The van der Waals surface area contributed by atoms with E-state index in [0.717, 1.165) is 50.3 Å². The summed E-state index contributed by atoms with van der Waals surface area (Å²) in [6, 6.07) is 4.11. The first kappa shape index (κ1) is 16.1. The smallest absolute Gasteiger partial charge is 0.322 e. The first-order valence-corrected chi connectivity index (χ1v) is 8.68. The van der Waals surface area contributed by atoms with Crippen molar-refractivity contribution in [3.63, 3.8) is 0 Å². The van der Waals surface area contributed by atoms with Gasteiger partial charge < -0.3 is 20.2 Å². The quantitative estimate of drug-likeness (QED) is 0.758. The molecule has 6 nitrogen and oxygen atoms in total. The van der Waals surface area contributed by atoms with Crippen molar-refractivity contribution in [2.75, 3.05) is 36.5 Å². The number of amides is 2. The van der Waals surface area contributed by atoms with E-state index in [2.05, 4.69) is 15.2 Å². The number of hydrogen-bond donors (Lipinski definition) is 2. The first-order chi connectivity index (χ1) is 11.3. The molecule has 2 heterocycles. The van der Waals surface area contributed by atoms with Gasteiger partial charge in [-0.2, -0.15) is 0 Å². The average molecular weight is 318 g/mol. The van der Waals surface area contributed by atoms with Crippen LogP contribution in [0.4, 0.5) is 16.3 Å². The fourth-order valence-electron chi connectivity index (χ4n) is 3.09. The summed E-state index contributed by atoms with van der Waals surface area (Å²) in [7, 11) is 0. The van der Waals surface area contributed by atoms with Crippen LogP contribution in [0.25, 0.3) is 0 Å². The topological polar surface area (TPSA) is 68.7 Å². The van der Waals surface area contributed by atoms with E-state index in [1.165, 1.54) is 12.8 Å². The molecule has 1 aromatic heterocycles. The molecule has 3 rings (SSSR count). The van der Waals surface area contributed by atoms with E-state index in [1.807, 2.05) is 17.0 Å². The van der Waals surface area contributed by atoms with E-state index in [0.29, 0.717) is 12.6 Å². The highest BCUT2D eigenvalue weighted by Gasteiger charge is 2.32. The Labute approximate surface area is 137 Å². The van der Waals surface area contributed by atoms with Gasteiger partial charge in [0.1, 0.15) is 0 Å². The number of carbonyl (C=O) groups excluding carboxylic acids is 1. The van der Waals surface area contributed by atoms with Gasteiger partial charge in [-0.3, -0.25) is 0 Å². The molecule has 126 valence electrons. The minimum Gasteiger partial charge on any atom is -0.396 e. The molecule has 2 aliphatic rings. The minimum absolute atomic E-state index is 0.0427. The van der Waals surface area contributed by atoms with E-state index in [9.17, 15) is 4.79 Å². The Morgan fingerprint density at radius 1 is 1.35 bits per heavy atom. The first-order valence-electron chi connectivity index (χ1n) is 8.68. The van der Waals surface area contributed by atoms with Gasteiger partial charge in [0.05, 0.1) is 5.69 Å². The van der Waals surface area contributed by atoms with Crippen molar-refractivity contribution < 1.29 is 9.90 Å². The molecular weight excluding hydrogens is 292 g/mol. The molecule has 1 saturated heterocycles. The summed E-state index contributed by atoms with van der Waals surface area (Å²) in [5, 5.41) is 12.0. The second kappa shape index (κ2) is 7.64. The van der Waals surface area contributed by atoms with Crippen molar-refractivity contribution in [3.05, 3.63) is 18.3 Å². The number of rotatable bonds is 7. The molecule has 0 aromatic carbocycles. The SMILES string of the molecule is O=C(Nc1cccnc1N1CCCC1)N(CCCCO)C1CC1. The van der Waals surface area contributed by atoms with Gasteiger partial charge in [-0.25, -0.2) is 9.78 Å². The van der Waals surface area contributed by atoms with Gasteiger partial charge >= 0.3 is 6.03 Å². The number of nitrogens with one attached hydrogen (secondary N) is 1. The Hall–Kier alpha value is -1.82. The van der Waals surface area contributed by atoms with Crippen LogP contribution in [0.5, 0.6) is 0 Å². The van der Waals surface area contributed by atoms with Crippen molar-refractivity contribution in [3.8, 4) is 0 Å². The van der Waals surface area contributed by atoms with E-state index in [1.54, 1.807) is 6.20 Å². The van der Waals surface area contributed by atoms with Crippen LogP contribution in [0.1, 0.15) is 38.5 Å². The Balaban J connectivity index is 1.66. The molecule has 2 fully saturated rings. The van der Waals surface area contributed by atoms with Gasteiger partial charge in [0.25, 0.3) is 0 Å². The lowest BCUT2D eigenvalue weighted by Crippen LogP contribution is -2.38. The number of aliphatic hydroxyl groups is 1. The lowest BCUT2D eigenvalue weighted by molar-refractivity contribution is 0.204. The molecule has 0 bridgehead atoms.